The molecule has 2 heterocycles. The maximum Gasteiger partial charge on any atom is 0.230 e. The van der Waals surface area contributed by atoms with Gasteiger partial charge in [0.25, 0.3) is 0 Å². The molecule has 1 fully saturated rings. The van der Waals surface area contributed by atoms with E-state index in [9.17, 15) is 18.0 Å². The molecule has 6 nitrogen and oxygen atoms in total. The number of hydrogen-bond donors (Lipinski definition) is 0. The van der Waals surface area contributed by atoms with Gasteiger partial charge in [0.05, 0.1) is 6.42 Å². The van der Waals surface area contributed by atoms with Gasteiger partial charge in [0.15, 0.2) is 11.2 Å². The number of carbonyl (C=O) groups excluding carboxylic acids is 2. The monoisotopic (exact) mass is 301 g/mol. The third kappa shape index (κ3) is 2.40. The van der Waals surface area contributed by atoms with Gasteiger partial charge in [-0.25, -0.2) is 8.42 Å². The smallest absolute Gasteiger partial charge is 0.230 e. The maximum atomic E-state index is 12.3. The first-order chi connectivity index (χ1) is 9.05. The van der Waals surface area contributed by atoms with Gasteiger partial charge in [-0.05, 0) is 12.5 Å². The first-order valence-corrected chi connectivity index (χ1v) is 8.03. The van der Waals surface area contributed by atoms with Gasteiger partial charge in [0.2, 0.25) is 15.7 Å². The highest BCUT2D eigenvalue weighted by molar-refractivity contribution is 7.92. The van der Waals surface area contributed by atoms with E-state index in [0.717, 1.165) is 0 Å². The maximum absolute atomic E-state index is 12.3. The van der Waals surface area contributed by atoms with Gasteiger partial charge < -0.3 is 9.64 Å². The zero-order valence-corrected chi connectivity index (χ0v) is 12.9. The molecule has 0 N–H and O–H groups in total. The summed E-state index contributed by atoms with van der Waals surface area (Å²) in [5, 5.41) is -0.839. The molecule has 0 aromatic carbocycles. The summed E-state index contributed by atoms with van der Waals surface area (Å²) in [4.78, 5) is 24.4. The number of ether oxygens (including phenoxy) is 1. The van der Waals surface area contributed by atoms with Gasteiger partial charge in [0, 0.05) is 11.6 Å². The highest BCUT2D eigenvalue weighted by Crippen LogP contribution is 2.35. The van der Waals surface area contributed by atoms with Crippen LogP contribution < -0.4 is 0 Å². The fraction of sp³-hybridized carbons (Fsp3) is 0.692. The summed E-state index contributed by atoms with van der Waals surface area (Å²) in [6, 6.07) is 0. The van der Waals surface area contributed by atoms with Crippen molar-refractivity contribution in [1.82, 2.24) is 4.90 Å². The van der Waals surface area contributed by atoms with E-state index < -0.39 is 26.1 Å². The molecule has 0 aliphatic carbocycles. The summed E-state index contributed by atoms with van der Waals surface area (Å²) in [5.74, 6) is -0.366. The Hall–Kier alpha value is -1.21. The second-order valence-corrected chi connectivity index (χ2v) is 8.39. The predicted molar refractivity (Wildman–Crippen MR) is 72.1 cm³/mol. The number of fused-ring (bicyclic) bond motifs is 1. The normalized spacial score (nSPS) is 28.5. The van der Waals surface area contributed by atoms with Crippen LogP contribution >= 0.6 is 0 Å². The quantitative estimate of drug-likeness (QED) is 0.721. The minimum atomic E-state index is -3.63. The number of carbonyl (C=O) groups is 2. The minimum Gasteiger partial charge on any atom is -0.350 e. The molecule has 2 atom stereocenters. The summed E-state index contributed by atoms with van der Waals surface area (Å²) < 4.78 is 30.0. The largest absolute Gasteiger partial charge is 0.350 e. The van der Waals surface area contributed by atoms with Crippen LogP contribution in [0.5, 0.6) is 0 Å². The van der Waals surface area contributed by atoms with Crippen molar-refractivity contribution in [3.8, 4) is 0 Å². The zero-order valence-electron chi connectivity index (χ0n) is 12.0. The second-order valence-electron chi connectivity index (χ2n) is 6.24. The number of hydrogen-bond acceptors (Lipinski definition) is 5. The van der Waals surface area contributed by atoms with E-state index in [1.807, 2.05) is 0 Å². The van der Waals surface area contributed by atoms with Crippen LogP contribution in [0.3, 0.4) is 0 Å². The van der Waals surface area contributed by atoms with Crippen LogP contribution in [0.2, 0.25) is 0 Å². The second kappa shape index (κ2) is 4.66. The molecular weight excluding hydrogens is 282 g/mol. The number of Topliss-reactive ketones (excluding diaryl/α,β-unsaturated/α-hetero) is 1. The molecule has 0 aromatic heterocycles. The van der Waals surface area contributed by atoms with Gasteiger partial charge in [-0.15, -0.1) is 0 Å². The van der Waals surface area contributed by atoms with Crippen LogP contribution in [-0.4, -0.2) is 42.4 Å². The molecule has 2 aliphatic rings. The van der Waals surface area contributed by atoms with Crippen molar-refractivity contribution in [3.05, 3.63) is 11.8 Å². The fourth-order valence-electron chi connectivity index (χ4n) is 2.11. The van der Waals surface area contributed by atoms with Gasteiger partial charge >= 0.3 is 0 Å². The molecule has 1 saturated heterocycles. The Balaban J connectivity index is 2.16. The lowest BCUT2D eigenvalue weighted by atomic mass is 9.91. The van der Waals surface area contributed by atoms with Crippen LogP contribution in [0.25, 0.3) is 0 Å². The topological polar surface area (TPSA) is 80.8 Å². The van der Waals surface area contributed by atoms with Gasteiger partial charge in [-0.2, -0.15) is 0 Å². The van der Waals surface area contributed by atoms with Crippen molar-refractivity contribution >= 4 is 21.5 Å². The first kappa shape index (κ1) is 15.2. The van der Waals surface area contributed by atoms with E-state index in [0.29, 0.717) is 5.57 Å². The number of ketones is 1. The fourth-order valence-corrected chi connectivity index (χ4v) is 4.10. The van der Waals surface area contributed by atoms with E-state index >= 15 is 0 Å². The average molecular weight is 301 g/mol. The highest BCUT2D eigenvalue weighted by atomic mass is 32.2. The van der Waals surface area contributed by atoms with Crippen molar-refractivity contribution in [2.24, 2.45) is 5.41 Å². The van der Waals surface area contributed by atoms with Crippen molar-refractivity contribution in [3.63, 3.8) is 0 Å². The van der Waals surface area contributed by atoms with Crippen LogP contribution in [-0.2, 0) is 24.2 Å². The molecule has 0 radical (unpaired) electrons. The number of rotatable bonds is 3. The Morgan fingerprint density at radius 1 is 1.45 bits per heavy atom. The Morgan fingerprint density at radius 3 is 2.55 bits per heavy atom. The summed E-state index contributed by atoms with van der Waals surface area (Å²) in [6.07, 6.45) is 1.49. The Kier molecular flexibility index (Phi) is 3.54. The Morgan fingerprint density at radius 2 is 2.05 bits per heavy atom. The number of β-lactam (4-membered cyclic amide) rings is 1. The van der Waals surface area contributed by atoms with Crippen LogP contribution in [0, 0.1) is 5.41 Å². The Labute approximate surface area is 118 Å². The van der Waals surface area contributed by atoms with Gasteiger partial charge in [0.1, 0.15) is 12.0 Å². The third-order valence-corrected chi connectivity index (χ3v) is 5.80. The molecule has 0 saturated carbocycles. The molecule has 2 aliphatic heterocycles. The summed E-state index contributed by atoms with van der Waals surface area (Å²) >= 11 is 0. The van der Waals surface area contributed by atoms with Gasteiger partial charge in [-0.3, -0.25) is 9.59 Å². The molecule has 20 heavy (non-hydrogen) atoms. The molecule has 0 spiro atoms. The van der Waals surface area contributed by atoms with E-state index in [1.165, 1.54) is 11.1 Å². The summed E-state index contributed by atoms with van der Waals surface area (Å²) in [5.41, 5.74) is -1.28. The molecule has 0 aromatic rings. The van der Waals surface area contributed by atoms with E-state index in [1.54, 1.807) is 27.7 Å². The molecule has 0 bridgehead atoms. The van der Waals surface area contributed by atoms with Crippen LogP contribution in [0.15, 0.2) is 11.8 Å². The standard InChI is InChI=1S/C13H19NO5S/c1-8-6-14-10(16)5-11(14)20(17,18)12(8)19-7-9(15)13(2,3)4/h6,11-12H,5,7H2,1-4H3/t11-,12?/m1/s1. The molecule has 112 valence electrons. The van der Waals surface area contributed by atoms with Gasteiger partial charge in [-0.1, -0.05) is 20.8 Å². The summed E-state index contributed by atoms with van der Waals surface area (Å²) in [7, 11) is -3.63. The molecule has 7 heteroatoms. The lowest BCUT2D eigenvalue weighted by Crippen LogP contribution is -2.59. The van der Waals surface area contributed by atoms with E-state index in [2.05, 4.69) is 0 Å². The van der Waals surface area contributed by atoms with Crippen molar-refractivity contribution in [2.45, 2.75) is 44.9 Å². The number of nitrogens with zero attached hydrogens (tertiary/aromatic N) is 1. The van der Waals surface area contributed by atoms with Crippen LogP contribution in [0.4, 0.5) is 0 Å². The predicted octanol–water partition coefficient (Wildman–Crippen LogP) is 0.835. The lowest BCUT2D eigenvalue weighted by molar-refractivity contribution is -0.138. The SMILES string of the molecule is CC1=CN2C(=O)C[C@H]2S(=O)(=O)C1OCC(=O)C(C)(C)C. The zero-order chi connectivity index (χ0) is 15.3. The molecule has 1 unspecified atom stereocenters. The minimum absolute atomic E-state index is 0.0147. The molecular formula is C13H19NO5S. The highest BCUT2D eigenvalue weighted by Gasteiger charge is 2.51. The van der Waals surface area contributed by atoms with E-state index in [-0.39, 0.29) is 24.7 Å². The third-order valence-electron chi connectivity index (χ3n) is 3.54. The lowest BCUT2D eigenvalue weighted by Gasteiger charge is -2.43. The van der Waals surface area contributed by atoms with Crippen molar-refractivity contribution in [1.29, 1.82) is 0 Å². The number of amides is 1. The average Bonchev–Trinajstić information content (AvgIpc) is 2.30. The summed E-state index contributed by atoms with van der Waals surface area (Å²) in [6.45, 7) is 6.60. The molecule has 1 amide bonds. The first-order valence-electron chi connectivity index (χ1n) is 6.42. The van der Waals surface area contributed by atoms with Crippen LogP contribution in [0.1, 0.15) is 34.1 Å². The Bertz CT molecular complexity index is 584. The van der Waals surface area contributed by atoms with E-state index in [4.69, 9.17) is 4.74 Å². The van der Waals surface area contributed by atoms with Crippen molar-refractivity contribution in [2.75, 3.05) is 6.61 Å². The van der Waals surface area contributed by atoms with Crippen molar-refractivity contribution < 1.29 is 22.7 Å². The molecule has 2 rings (SSSR count). The number of sulfone groups is 1.